The Hall–Kier alpha value is -1.14. The third-order valence-electron chi connectivity index (χ3n) is 2.45. The number of aliphatic hydroxyl groups excluding tert-OH is 1. The van der Waals surface area contributed by atoms with Crippen LogP contribution in [0.3, 0.4) is 0 Å². The summed E-state index contributed by atoms with van der Waals surface area (Å²) in [6.45, 7) is 0.883. The van der Waals surface area contributed by atoms with E-state index >= 15 is 0 Å². The summed E-state index contributed by atoms with van der Waals surface area (Å²) in [7, 11) is 0. The van der Waals surface area contributed by atoms with Gasteiger partial charge in [0.2, 0.25) is 11.8 Å². The summed E-state index contributed by atoms with van der Waals surface area (Å²) in [4.78, 5) is 23.7. The summed E-state index contributed by atoms with van der Waals surface area (Å²) >= 11 is 0. The van der Waals surface area contributed by atoms with Crippen molar-refractivity contribution in [3.8, 4) is 0 Å². The zero-order valence-corrected chi connectivity index (χ0v) is 8.56. The highest BCUT2D eigenvalue weighted by Crippen LogP contribution is 2.11. The largest absolute Gasteiger partial charge is 0.391 e. The van der Waals surface area contributed by atoms with Crippen LogP contribution < -0.4 is 11.5 Å². The Kier molecular flexibility index (Phi) is 4.05. The number of likely N-dealkylation sites (tertiary alicyclic amines) is 1. The van der Waals surface area contributed by atoms with E-state index < -0.39 is 18.1 Å². The lowest BCUT2D eigenvalue weighted by Crippen LogP contribution is -2.50. The van der Waals surface area contributed by atoms with Crippen LogP contribution >= 0.6 is 0 Å². The van der Waals surface area contributed by atoms with E-state index in [2.05, 4.69) is 0 Å². The smallest absolute Gasteiger partial charge is 0.240 e. The second kappa shape index (κ2) is 5.09. The molecule has 1 aliphatic rings. The molecule has 15 heavy (non-hydrogen) atoms. The van der Waals surface area contributed by atoms with Crippen LogP contribution in [0, 0.1) is 0 Å². The monoisotopic (exact) mass is 215 g/mol. The Morgan fingerprint density at radius 3 is 2.73 bits per heavy atom. The van der Waals surface area contributed by atoms with Crippen LogP contribution in [0.25, 0.3) is 0 Å². The fourth-order valence-electron chi connectivity index (χ4n) is 1.69. The van der Waals surface area contributed by atoms with Gasteiger partial charge < -0.3 is 21.5 Å². The number of carbonyl (C=O) groups excluding carboxylic acids is 2. The maximum atomic E-state index is 11.7. The highest BCUT2D eigenvalue weighted by atomic mass is 16.3. The molecule has 1 heterocycles. The molecule has 0 spiro atoms. The van der Waals surface area contributed by atoms with Gasteiger partial charge in [-0.3, -0.25) is 9.59 Å². The lowest BCUT2D eigenvalue weighted by molar-refractivity contribution is -0.137. The van der Waals surface area contributed by atoms with Crippen LogP contribution in [0.2, 0.25) is 0 Å². The van der Waals surface area contributed by atoms with Crippen molar-refractivity contribution in [2.45, 2.75) is 31.4 Å². The highest BCUT2D eigenvalue weighted by Gasteiger charge is 2.26. The molecule has 6 nitrogen and oxygen atoms in total. The van der Waals surface area contributed by atoms with Gasteiger partial charge in [-0.05, 0) is 12.8 Å². The summed E-state index contributed by atoms with van der Waals surface area (Å²) in [5, 5.41) is 9.37. The number of amides is 2. The Labute approximate surface area is 88.2 Å². The van der Waals surface area contributed by atoms with Gasteiger partial charge in [-0.25, -0.2) is 0 Å². The van der Waals surface area contributed by atoms with Gasteiger partial charge in [0.15, 0.2) is 0 Å². The molecule has 0 radical (unpaired) electrons. The number of hydrogen-bond acceptors (Lipinski definition) is 4. The predicted octanol–water partition coefficient (Wildman–Crippen LogP) is -1.83. The van der Waals surface area contributed by atoms with Crippen molar-refractivity contribution in [3.63, 3.8) is 0 Å². The first kappa shape index (κ1) is 11.9. The number of nitrogens with two attached hydrogens (primary N) is 2. The molecule has 1 saturated heterocycles. The fourth-order valence-corrected chi connectivity index (χ4v) is 1.69. The van der Waals surface area contributed by atoms with Crippen molar-refractivity contribution >= 4 is 11.8 Å². The second-order valence-electron chi connectivity index (χ2n) is 3.86. The van der Waals surface area contributed by atoms with Crippen LogP contribution in [-0.4, -0.2) is 47.1 Å². The van der Waals surface area contributed by atoms with E-state index in [0.717, 1.165) is 6.42 Å². The average molecular weight is 215 g/mol. The van der Waals surface area contributed by atoms with Gasteiger partial charge in [-0.2, -0.15) is 0 Å². The van der Waals surface area contributed by atoms with E-state index in [0.29, 0.717) is 19.5 Å². The first-order chi connectivity index (χ1) is 7.00. The van der Waals surface area contributed by atoms with Crippen LogP contribution in [0.4, 0.5) is 0 Å². The molecular weight excluding hydrogens is 198 g/mol. The summed E-state index contributed by atoms with van der Waals surface area (Å²) < 4.78 is 0. The van der Waals surface area contributed by atoms with Crippen LogP contribution in [-0.2, 0) is 9.59 Å². The normalized spacial score (nSPS) is 23.6. The predicted molar refractivity (Wildman–Crippen MR) is 53.6 cm³/mol. The van der Waals surface area contributed by atoms with Crippen molar-refractivity contribution < 1.29 is 14.7 Å². The van der Waals surface area contributed by atoms with E-state index in [1.807, 2.05) is 0 Å². The van der Waals surface area contributed by atoms with Crippen molar-refractivity contribution in [2.75, 3.05) is 13.1 Å². The quantitative estimate of drug-likeness (QED) is 0.514. The molecule has 0 aromatic heterocycles. The van der Waals surface area contributed by atoms with Gasteiger partial charge in [0.1, 0.15) is 0 Å². The van der Waals surface area contributed by atoms with E-state index in [1.165, 1.54) is 4.90 Å². The van der Waals surface area contributed by atoms with Gasteiger partial charge in [0, 0.05) is 13.1 Å². The van der Waals surface area contributed by atoms with Gasteiger partial charge in [0.05, 0.1) is 18.6 Å². The Morgan fingerprint density at radius 2 is 2.20 bits per heavy atom. The summed E-state index contributed by atoms with van der Waals surface area (Å²) in [5.41, 5.74) is 10.5. The minimum Gasteiger partial charge on any atom is -0.391 e. The number of hydrogen-bond donors (Lipinski definition) is 3. The Morgan fingerprint density at radius 1 is 1.53 bits per heavy atom. The van der Waals surface area contributed by atoms with Crippen molar-refractivity contribution in [1.82, 2.24) is 4.90 Å². The lowest BCUT2D eigenvalue weighted by Gasteiger charge is -2.31. The molecule has 2 unspecified atom stereocenters. The molecule has 86 valence electrons. The maximum Gasteiger partial charge on any atom is 0.240 e. The van der Waals surface area contributed by atoms with Crippen molar-refractivity contribution in [2.24, 2.45) is 11.5 Å². The average Bonchev–Trinajstić information content (AvgIpc) is 2.15. The van der Waals surface area contributed by atoms with Crippen LogP contribution in [0.15, 0.2) is 0 Å². The molecule has 0 aliphatic carbocycles. The van der Waals surface area contributed by atoms with Crippen molar-refractivity contribution in [1.29, 1.82) is 0 Å². The molecule has 6 heteroatoms. The first-order valence-corrected chi connectivity index (χ1v) is 5.01. The number of aliphatic hydroxyl groups is 1. The third-order valence-corrected chi connectivity index (χ3v) is 2.45. The minimum atomic E-state index is -0.882. The number of piperidine rings is 1. The molecule has 0 aromatic carbocycles. The zero-order chi connectivity index (χ0) is 11.4. The molecular formula is C9H17N3O3. The molecule has 0 aromatic rings. The Bertz CT molecular complexity index is 257. The molecule has 1 rings (SSSR count). The van der Waals surface area contributed by atoms with E-state index in [9.17, 15) is 14.7 Å². The molecule has 5 N–H and O–H groups in total. The second-order valence-corrected chi connectivity index (χ2v) is 3.86. The standard InChI is InChI=1S/C9H17N3O3/c10-7(4-8(11)14)9(15)12-3-1-2-6(13)5-12/h6-7,13H,1-5,10H2,(H2,11,14). The highest BCUT2D eigenvalue weighted by molar-refractivity contribution is 5.87. The lowest BCUT2D eigenvalue weighted by atomic mass is 10.1. The summed E-state index contributed by atoms with van der Waals surface area (Å²) in [6, 6.07) is -0.882. The Balaban J connectivity index is 2.47. The van der Waals surface area contributed by atoms with Gasteiger partial charge >= 0.3 is 0 Å². The molecule has 2 amide bonds. The number of primary amides is 1. The van der Waals surface area contributed by atoms with Crippen molar-refractivity contribution in [3.05, 3.63) is 0 Å². The zero-order valence-electron chi connectivity index (χ0n) is 8.56. The van der Waals surface area contributed by atoms with E-state index in [1.54, 1.807) is 0 Å². The number of β-amino-alcohol motifs (C(OH)–C–C–N with tert-alkyl or cyclic N) is 1. The number of nitrogens with zero attached hydrogens (tertiary/aromatic N) is 1. The maximum absolute atomic E-state index is 11.7. The van der Waals surface area contributed by atoms with Gasteiger partial charge in [-0.1, -0.05) is 0 Å². The van der Waals surface area contributed by atoms with E-state index in [4.69, 9.17) is 11.5 Å². The van der Waals surface area contributed by atoms with Crippen LogP contribution in [0.5, 0.6) is 0 Å². The third kappa shape index (κ3) is 3.49. The van der Waals surface area contributed by atoms with Gasteiger partial charge in [-0.15, -0.1) is 0 Å². The summed E-state index contributed by atoms with van der Waals surface area (Å²) in [6.07, 6.45) is 0.833. The molecule has 0 saturated carbocycles. The fraction of sp³-hybridized carbons (Fsp3) is 0.778. The molecule has 2 atom stereocenters. The first-order valence-electron chi connectivity index (χ1n) is 5.01. The number of rotatable bonds is 3. The molecule has 0 bridgehead atoms. The summed E-state index contributed by atoms with van der Waals surface area (Å²) in [5.74, 6) is -0.902. The molecule has 1 aliphatic heterocycles. The van der Waals surface area contributed by atoms with Gasteiger partial charge in [0.25, 0.3) is 0 Å². The minimum absolute atomic E-state index is 0.147. The SMILES string of the molecule is NC(=O)CC(N)C(=O)N1CCCC(O)C1. The number of carbonyl (C=O) groups is 2. The van der Waals surface area contributed by atoms with E-state index in [-0.39, 0.29) is 12.3 Å². The van der Waals surface area contributed by atoms with Crippen LogP contribution in [0.1, 0.15) is 19.3 Å². The topological polar surface area (TPSA) is 110 Å². The molecule has 1 fully saturated rings.